The summed E-state index contributed by atoms with van der Waals surface area (Å²) in [6.45, 7) is 4.15. The Bertz CT molecular complexity index is 1170. The highest BCUT2D eigenvalue weighted by Crippen LogP contribution is 2.37. The molecule has 0 saturated heterocycles. The van der Waals surface area contributed by atoms with Gasteiger partial charge >= 0.3 is 0 Å². The largest absolute Gasteiger partial charge is 0.313 e. The summed E-state index contributed by atoms with van der Waals surface area (Å²) in [4.78, 5) is 6.25. The van der Waals surface area contributed by atoms with Crippen molar-refractivity contribution in [3.63, 3.8) is 0 Å². The van der Waals surface area contributed by atoms with Crippen LogP contribution in [-0.4, -0.2) is 28.0 Å². The minimum atomic E-state index is -0.455. The molecule has 5 rings (SSSR count). The van der Waals surface area contributed by atoms with E-state index in [1.807, 2.05) is 6.07 Å². The van der Waals surface area contributed by atoms with E-state index in [9.17, 15) is 4.39 Å². The Morgan fingerprint density at radius 3 is 2.71 bits per heavy atom. The fraction of sp³-hybridized carbons (Fsp3) is 0.208. The zero-order valence-electron chi connectivity index (χ0n) is 16.1. The Hall–Kier alpha value is -2.98. The van der Waals surface area contributed by atoms with Crippen molar-refractivity contribution in [2.45, 2.75) is 19.9 Å². The quantitative estimate of drug-likeness (QED) is 0.456. The van der Waals surface area contributed by atoms with Gasteiger partial charge in [-0.25, -0.2) is 4.98 Å². The van der Waals surface area contributed by atoms with E-state index < -0.39 is 5.95 Å². The highest BCUT2D eigenvalue weighted by molar-refractivity contribution is 5.90. The maximum atomic E-state index is 13.4. The number of halogens is 1. The lowest BCUT2D eigenvalue weighted by Gasteiger charge is -2.25. The predicted octanol–water partition coefficient (Wildman–Crippen LogP) is 5.13. The third-order valence-electron chi connectivity index (χ3n) is 5.68. The van der Waals surface area contributed by atoms with E-state index in [0.29, 0.717) is 0 Å². The molecular formula is C24H22FN3. The van der Waals surface area contributed by atoms with Crippen LogP contribution < -0.4 is 0 Å². The van der Waals surface area contributed by atoms with Gasteiger partial charge in [0, 0.05) is 47.9 Å². The average Bonchev–Trinajstić information content (AvgIpc) is 3.01. The van der Waals surface area contributed by atoms with Crippen LogP contribution in [0.5, 0.6) is 0 Å². The second-order valence-corrected chi connectivity index (χ2v) is 7.66. The molecule has 0 atom stereocenters. The SMILES string of the molecule is Cc1ccc2c(c1)c1c(n2-c2ccccc2-c2ccc(F)nc2)CCN(C)C1. The first kappa shape index (κ1) is 17.1. The number of aromatic nitrogens is 2. The van der Waals surface area contributed by atoms with Crippen LogP contribution in [0.1, 0.15) is 16.8 Å². The van der Waals surface area contributed by atoms with Gasteiger partial charge in [-0.1, -0.05) is 29.8 Å². The molecule has 0 amide bonds. The molecule has 0 saturated carbocycles. The van der Waals surface area contributed by atoms with Crippen LogP contribution in [0, 0.1) is 12.9 Å². The van der Waals surface area contributed by atoms with E-state index in [4.69, 9.17) is 0 Å². The molecule has 4 aromatic rings. The number of pyridine rings is 1. The molecule has 4 heteroatoms. The topological polar surface area (TPSA) is 21.1 Å². The van der Waals surface area contributed by atoms with Gasteiger partial charge in [-0.15, -0.1) is 0 Å². The maximum Gasteiger partial charge on any atom is 0.212 e. The molecule has 0 spiro atoms. The van der Waals surface area contributed by atoms with Gasteiger partial charge in [0.25, 0.3) is 0 Å². The lowest BCUT2D eigenvalue weighted by Crippen LogP contribution is -2.27. The first-order chi connectivity index (χ1) is 13.6. The van der Waals surface area contributed by atoms with Crippen molar-refractivity contribution >= 4 is 10.9 Å². The van der Waals surface area contributed by atoms with Crippen LogP contribution in [0.25, 0.3) is 27.7 Å². The van der Waals surface area contributed by atoms with E-state index in [0.717, 1.165) is 36.3 Å². The molecule has 3 nitrogen and oxygen atoms in total. The fourth-order valence-electron chi connectivity index (χ4n) is 4.33. The average molecular weight is 371 g/mol. The molecule has 0 fully saturated rings. The smallest absolute Gasteiger partial charge is 0.212 e. The highest BCUT2D eigenvalue weighted by atomic mass is 19.1. The third-order valence-corrected chi connectivity index (χ3v) is 5.68. The normalized spacial score (nSPS) is 14.4. The van der Waals surface area contributed by atoms with Crippen molar-refractivity contribution in [1.82, 2.24) is 14.5 Å². The van der Waals surface area contributed by atoms with E-state index >= 15 is 0 Å². The molecule has 0 radical (unpaired) electrons. The number of likely N-dealkylation sites (N-methyl/N-ethyl adjacent to an activating group) is 1. The molecule has 140 valence electrons. The summed E-state index contributed by atoms with van der Waals surface area (Å²) >= 11 is 0. The molecule has 1 aliphatic rings. The van der Waals surface area contributed by atoms with Gasteiger partial charge in [-0.05, 0) is 49.9 Å². The number of hydrogen-bond donors (Lipinski definition) is 0. The predicted molar refractivity (Wildman–Crippen MR) is 111 cm³/mol. The van der Waals surface area contributed by atoms with Crippen molar-refractivity contribution in [3.05, 3.63) is 83.6 Å². The fourth-order valence-corrected chi connectivity index (χ4v) is 4.33. The molecule has 0 aliphatic carbocycles. The van der Waals surface area contributed by atoms with Gasteiger partial charge in [-0.2, -0.15) is 4.39 Å². The third kappa shape index (κ3) is 2.72. The van der Waals surface area contributed by atoms with E-state index in [1.54, 1.807) is 12.3 Å². The molecule has 3 heterocycles. The Kier molecular flexibility index (Phi) is 4.02. The number of para-hydroxylation sites is 1. The first-order valence-electron chi connectivity index (χ1n) is 9.64. The van der Waals surface area contributed by atoms with Crippen LogP contribution >= 0.6 is 0 Å². The van der Waals surface area contributed by atoms with Crippen LogP contribution in [0.3, 0.4) is 0 Å². The van der Waals surface area contributed by atoms with Gasteiger partial charge in [-0.3, -0.25) is 0 Å². The van der Waals surface area contributed by atoms with Crippen LogP contribution in [0.4, 0.5) is 4.39 Å². The highest BCUT2D eigenvalue weighted by Gasteiger charge is 2.24. The van der Waals surface area contributed by atoms with Crippen molar-refractivity contribution in [3.8, 4) is 16.8 Å². The summed E-state index contributed by atoms with van der Waals surface area (Å²) in [6, 6.07) is 18.3. The zero-order valence-corrected chi connectivity index (χ0v) is 16.1. The van der Waals surface area contributed by atoms with Crippen molar-refractivity contribution < 1.29 is 4.39 Å². The zero-order chi connectivity index (χ0) is 19.3. The first-order valence-corrected chi connectivity index (χ1v) is 9.64. The molecule has 1 aliphatic heterocycles. The summed E-state index contributed by atoms with van der Waals surface area (Å²) in [5, 5.41) is 1.33. The molecule has 2 aromatic heterocycles. The number of aryl methyl sites for hydroxylation is 1. The Balaban J connectivity index is 1.81. The molecule has 28 heavy (non-hydrogen) atoms. The van der Waals surface area contributed by atoms with Gasteiger partial charge in [0.2, 0.25) is 5.95 Å². The number of nitrogens with zero attached hydrogens (tertiary/aromatic N) is 3. The van der Waals surface area contributed by atoms with Crippen LogP contribution in [0.2, 0.25) is 0 Å². The summed E-state index contributed by atoms with van der Waals surface area (Å²) < 4.78 is 15.8. The summed E-state index contributed by atoms with van der Waals surface area (Å²) in [6.07, 6.45) is 2.62. The minimum absolute atomic E-state index is 0.455. The van der Waals surface area contributed by atoms with Gasteiger partial charge in [0.1, 0.15) is 0 Å². The Morgan fingerprint density at radius 2 is 1.89 bits per heavy atom. The van der Waals surface area contributed by atoms with Gasteiger partial charge in [0.05, 0.1) is 11.2 Å². The van der Waals surface area contributed by atoms with E-state index in [2.05, 4.69) is 64.8 Å². The second kappa shape index (κ2) is 6.57. The number of fused-ring (bicyclic) bond motifs is 3. The molecule has 0 N–H and O–H groups in total. The molecule has 0 bridgehead atoms. The lowest BCUT2D eigenvalue weighted by molar-refractivity contribution is 0.311. The Labute approximate surface area is 164 Å². The van der Waals surface area contributed by atoms with Crippen molar-refractivity contribution in [1.29, 1.82) is 0 Å². The monoisotopic (exact) mass is 371 g/mol. The van der Waals surface area contributed by atoms with Crippen molar-refractivity contribution in [2.24, 2.45) is 0 Å². The Morgan fingerprint density at radius 1 is 1.04 bits per heavy atom. The van der Waals surface area contributed by atoms with E-state index in [1.165, 1.54) is 33.8 Å². The summed E-state index contributed by atoms with van der Waals surface area (Å²) in [5.41, 5.74) is 8.41. The summed E-state index contributed by atoms with van der Waals surface area (Å²) in [7, 11) is 2.18. The standard InChI is InChI=1S/C24H22FN3/c1-16-7-9-22-19(13-16)20-15-27(2)12-11-23(20)28(22)21-6-4-3-5-18(21)17-8-10-24(25)26-14-17/h3-10,13-14H,11-12,15H2,1-2H3. The minimum Gasteiger partial charge on any atom is -0.313 e. The van der Waals surface area contributed by atoms with Crippen LogP contribution in [0.15, 0.2) is 60.8 Å². The van der Waals surface area contributed by atoms with Crippen LogP contribution in [-0.2, 0) is 13.0 Å². The molecule has 0 unspecified atom stereocenters. The van der Waals surface area contributed by atoms with Gasteiger partial charge < -0.3 is 9.47 Å². The van der Waals surface area contributed by atoms with E-state index in [-0.39, 0.29) is 0 Å². The van der Waals surface area contributed by atoms with Gasteiger partial charge in [0.15, 0.2) is 0 Å². The van der Waals surface area contributed by atoms with Crippen molar-refractivity contribution in [2.75, 3.05) is 13.6 Å². The number of rotatable bonds is 2. The molecule has 2 aromatic carbocycles. The summed E-state index contributed by atoms with van der Waals surface area (Å²) in [5.74, 6) is -0.455. The maximum absolute atomic E-state index is 13.4. The molecular weight excluding hydrogens is 349 g/mol. The lowest BCUT2D eigenvalue weighted by atomic mass is 10.0. The second-order valence-electron chi connectivity index (χ2n) is 7.66. The number of hydrogen-bond acceptors (Lipinski definition) is 2. The number of benzene rings is 2.